The number of Topliss-reactive ketones (excluding diaryl/α,β-unsaturated/α-hetero) is 1. The van der Waals surface area contributed by atoms with Crippen molar-refractivity contribution in [1.82, 2.24) is 0 Å². The predicted molar refractivity (Wildman–Crippen MR) is 63.1 cm³/mol. The van der Waals surface area contributed by atoms with Crippen molar-refractivity contribution < 1.29 is 9.90 Å². The van der Waals surface area contributed by atoms with Crippen molar-refractivity contribution in [2.75, 3.05) is 0 Å². The standard InChI is InChI=1S/C10H10Br2O2/c1-6(13)10(12)9-4-8(14)3-2-7(9)5-11/h2-4,10,14H,5H2,1H3. The molecule has 0 aliphatic heterocycles. The number of ketones is 1. The molecule has 0 spiro atoms. The molecule has 1 atom stereocenters. The number of carbonyl (C=O) groups excluding carboxylic acids is 1. The van der Waals surface area contributed by atoms with Crippen LogP contribution in [0.1, 0.15) is 22.9 Å². The van der Waals surface area contributed by atoms with E-state index in [2.05, 4.69) is 31.9 Å². The van der Waals surface area contributed by atoms with Crippen LogP contribution in [0.4, 0.5) is 0 Å². The van der Waals surface area contributed by atoms with E-state index in [1.165, 1.54) is 6.92 Å². The Morgan fingerprint density at radius 2 is 2.21 bits per heavy atom. The van der Waals surface area contributed by atoms with Crippen LogP contribution in [-0.4, -0.2) is 10.9 Å². The Bertz CT molecular complexity index is 350. The van der Waals surface area contributed by atoms with Gasteiger partial charge in [-0.3, -0.25) is 4.79 Å². The van der Waals surface area contributed by atoms with E-state index in [1.807, 2.05) is 0 Å². The molecule has 76 valence electrons. The second kappa shape index (κ2) is 4.94. The van der Waals surface area contributed by atoms with Crippen LogP contribution >= 0.6 is 31.9 Å². The third kappa shape index (κ3) is 2.58. The van der Waals surface area contributed by atoms with Gasteiger partial charge in [0.15, 0.2) is 0 Å². The van der Waals surface area contributed by atoms with Gasteiger partial charge in [-0.1, -0.05) is 37.9 Å². The number of rotatable bonds is 3. The Balaban J connectivity index is 3.16. The normalized spacial score (nSPS) is 12.5. The summed E-state index contributed by atoms with van der Waals surface area (Å²) >= 11 is 6.63. The quantitative estimate of drug-likeness (QED) is 0.867. The Hall–Kier alpha value is -0.350. The summed E-state index contributed by atoms with van der Waals surface area (Å²) in [6.45, 7) is 1.52. The van der Waals surface area contributed by atoms with Crippen LogP contribution in [0, 0.1) is 0 Å². The van der Waals surface area contributed by atoms with Gasteiger partial charge in [-0.05, 0) is 30.2 Å². The zero-order valence-corrected chi connectivity index (χ0v) is 10.8. The molecule has 0 saturated carbocycles. The highest BCUT2D eigenvalue weighted by Gasteiger charge is 2.16. The number of phenolic OH excluding ortho intramolecular Hbond substituents is 1. The van der Waals surface area contributed by atoms with Crippen LogP contribution < -0.4 is 0 Å². The van der Waals surface area contributed by atoms with Gasteiger partial charge in [0, 0.05) is 5.33 Å². The second-order valence-electron chi connectivity index (χ2n) is 2.99. The Morgan fingerprint density at radius 1 is 1.57 bits per heavy atom. The molecule has 0 aliphatic carbocycles. The molecule has 0 aliphatic rings. The molecule has 1 rings (SSSR count). The number of alkyl halides is 2. The van der Waals surface area contributed by atoms with Crippen LogP contribution in [0.25, 0.3) is 0 Å². The minimum absolute atomic E-state index is 0.0257. The molecule has 1 aromatic carbocycles. The summed E-state index contributed by atoms with van der Waals surface area (Å²) < 4.78 is 0. The second-order valence-corrected chi connectivity index (χ2v) is 4.47. The van der Waals surface area contributed by atoms with Gasteiger partial charge in [-0.2, -0.15) is 0 Å². The monoisotopic (exact) mass is 320 g/mol. The summed E-state index contributed by atoms with van der Waals surface area (Å²) in [5.74, 6) is 0.202. The Morgan fingerprint density at radius 3 is 2.71 bits per heavy atom. The molecule has 0 saturated heterocycles. The number of hydrogen-bond acceptors (Lipinski definition) is 2. The van der Waals surface area contributed by atoms with E-state index >= 15 is 0 Å². The molecular weight excluding hydrogens is 312 g/mol. The van der Waals surface area contributed by atoms with Gasteiger partial charge >= 0.3 is 0 Å². The fraction of sp³-hybridized carbons (Fsp3) is 0.300. The van der Waals surface area contributed by atoms with E-state index in [4.69, 9.17) is 0 Å². The summed E-state index contributed by atoms with van der Waals surface area (Å²) in [7, 11) is 0. The van der Waals surface area contributed by atoms with Crippen molar-refractivity contribution in [2.24, 2.45) is 0 Å². The topological polar surface area (TPSA) is 37.3 Å². The molecular formula is C10H10Br2O2. The number of benzene rings is 1. The molecule has 1 N–H and O–H groups in total. The highest BCUT2D eigenvalue weighted by molar-refractivity contribution is 9.09. The molecule has 4 heteroatoms. The lowest BCUT2D eigenvalue weighted by molar-refractivity contribution is -0.116. The lowest BCUT2D eigenvalue weighted by atomic mass is 10.0. The summed E-state index contributed by atoms with van der Waals surface area (Å²) in [5.41, 5.74) is 1.81. The van der Waals surface area contributed by atoms with E-state index in [0.717, 1.165) is 11.1 Å². The van der Waals surface area contributed by atoms with Crippen molar-refractivity contribution in [1.29, 1.82) is 0 Å². The van der Waals surface area contributed by atoms with Crippen molar-refractivity contribution in [3.05, 3.63) is 29.3 Å². The molecule has 0 aromatic heterocycles. The van der Waals surface area contributed by atoms with E-state index < -0.39 is 0 Å². The number of phenols is 1. The third-order valence-electron chi connectivity index (χ3n) is 1.90. The zero-order valence-electron chi connectivity index (χ0n) is 7.63. The highest BCUT2D eigenvalue weighted by Crippen LogP contribution is 2.30. The first-order chi connectivity index (χ1) is 6.56. The first kappa shape index (κ1) is 11.7. The van der Waals surface area contributed by atoms with Gasteiger partial charge in [0.25, 0.3) is 0 Å². The van der Waals surface area contributed by atoms with Crippen molar-refractivity contribution in [2.45, 2.75) is 17.1 Å². The van der Waals surface area contributed by atoms with E-state index in [9.17, 15) is 9.90 Å². The third-order valence-corrected chi connectivity index (χ3v) is 3.65. The first-order valence-electron chi connectivity index (χ1n) is 4.08. The van der Waals surface area contributed by atoms with Crippen LogP contribution in [0.3, 0.4) is 0 Å². The number of halogens is 2. The average molecular weight is 322 g/mol. The van der Waals surface area contributed by atoms with Gasteiger partial charge in [-0.15, -0.1) is 0 Å². The van der Waals surface area contributed by atoms with E-state index in [-0.39, 0.29) is 16.4 Å². The average Bonchev–Trinajstić information content (AvgIpc) is 2.16. The number of carbonyl (C=O) groups is 1. The van der Waals surface area contributed by atoms with Gasteiger partial charge < -0.3 is 5.11 Å². The number of hydrogen-bond donors (Lipinski definition) is 1. The molecule has 0 radical (unpaired) electrons. The molecule has 14 heavy (non-hydrogen) atoms. The van der Waals surface area contributed by atoms with Crippen LogP contribution in [-0.2, 0) is 10.1 Å². The summed E-state index contributed by atoms with van der Waals surface area (Å²) in [6.07, 6.45) is 0. The molecule has 0 amide bonds. The summed E-state index contributed by atoms with van der Waals surface area (Å²) in [6, 6.07) is 5.02. The van der Waals surface area contributed by atoms with E-state index in [0.29, 0.717) is 5.33 Å². The minimum Gasteiger partial charge on any atom is -0.508 e. The first-order valence-corrected chi connectivity index (χ1v) is 6.12. The van der Waals surface area contributed by atoms with Gasteiger partial charge in [0.2, 0.25) is 0 Å². The summed E-state index contributed by atoms with van der Waals surface area (Å²) in [4.78, 5) is 10.8. The zero-order chi connectivity index (χ0) is 10.7. The van der Waals surface area contributed by atoms with Gasteiger partial charge in [-0.25, -0.2) is 0 Å². The van der Waals surface area contributed by atoms with Crippen molar-refractivity contribution >= 4 is 37.6 Å². The Kier molecular flexibility index (Phi) is 4.13. The predicted octanol–water partition coefficient (Wildman–Crippen LogP) is 3.31. The number of aromatic hydroxyl groups is 1. The summed E-state index contributed by atoms with van der Waals surface area (Å²) in [5, 5.41) is 9.98. The molecule has 0 bridgehead atoms. The highest BCUT2D eigenvalue weighted by atomic mass is 79.9. The lowest BCUT2D eigenvalue weighted by Crippen LogP contribution is -2.03. The molecule has 0 fully saturated rings. The van der Waals surface area contributed by atoms with E-state index in [1.54, 1.807) is 18.2 Å². The van der Waals surface area contributed by atoms with Crippen molar-refractivity contribution in [3.63, 3.8) is 0 Å². The lowest BCUT2D eigenvalue weighted by Gasteiger charge is -2.11. The maximum atomic E-state index is 11.2. The van der Waals surface area contributed by atoms with Crippen LogP contribution in [0.5, 0.6) is 5.75 Å². The van der Waals surface area contributed by atoms with Crippen molar-refractivity contribution in [3.8, 4) is 5.75 Å². The van der Waals surface area contributed by atoms with Gasteiger partial charge in [0.1, 0.15) is 11.5 Å². The maximum Gasteiger partial charge on any atom is 0.147 e. The SMILES string of the molecule is CC(=O)C(Br)c1cc(O)ccc1CBr. The largest absolute Gasteiger partial charge is 0.508 e. The maximum absolute atomic E-state index is 11.2. The van der Waals surface area contributed by atoms with Gasteiger partial charge in [0.05, 0.1) is 4.83 Å². The fourth-order valence-corrected chi connectivity index (χ4v) is 2.10. The smallest absolute Gasteiger partial charge is 0.147 e. The molecule has 1 aromatic rings. The van der Waals surface area contributed by atoms with Crippen LogP contribution in [0.2, 0.25) is 0 Å². The minimum atomic E-state index is -0.345. The molecule has 1 unspecified atom stereocenters. The molecule has 2 nitrogen and oxygen atoms in total. The molecule has 0 heterocycles. The Labute approximate surface area is 99.6 Å². The fourth-order valence-electron chi connectivity index (χ4n) is 1.16. The van der Waals surface area contributed by atoms with Crippen LogP contribution in [0.15, 0.2) is 18.2 Å².